The first-order chi connectivity index (χ1) is 12.7. The molecule has 2 heterocycles. The van der Waals surface area contributed by atoms with Crippen LogP contribution in [-0.4, -0.2) is 40.3 Å². The molecule has 3 N–H and O–H groups in total. The molecule has 0 radical (unpaired) electrons. The molecule has 1 aromatic carbocycles. The first kappa shape index (κ1) is 17.9. The molecule has 3 aromatic rings. The largest absolute Gasteiger partial charge is 0.497 e. The van der Waals surface area contributed by atoms with Gasteiger partial charge in [0.1, 0.15) is 16.6 Å². The van der Waals surface area contributed by atoms with E-state index in [9.17, 15) is 0 Å². The van der Waals surface area contributed by atoms with Crippen molar-refractivity contribution in [3.63, 3.8) is 0 Å². The molecule has 0 amide bonds. The Labute approximate surface area is 155 Å². The standard InChI is InChI=1S/C17H21N7OS/c1-11-8-19-15(26-11)10-21-17(18-2)20-9-14-22-16(24-23-14)12-4-6-13(25-3)7-5-12/h4-8H,9-10H2,1-3H3,(H2,18,20,21)(H,22,23,24). The molecule has 0 aliphatic carbocycles. The molecule has 136 valence electrons. The van der Waals surface area contributed by atoms with Crippen molar-refractivity contribution >= 4 is 17.3 Å². The molecular weight excluding hydrogens is 350 g/mol. The molecule has 0 atom stereocenters. The average Bonchev–Trinajstić information content (AvgIpc) is 3.31. The quantitative estimate of drug-likeness (QED) is 0.453. The summed E-state index contributed by atoms with van der Waals surface area (Å²) in [7, 11) is 3.37. The highest BCUT2D eigenvalue weighted by atomic mass is 32.1. The molecule has 3 rings (SSSR count). The number of H-pyrrole nitrogens is 1. The number of aryl methyl sites for hydroxylation is 1. The molecule has 0 saturated heterocycles. The van der Waals surface area contributed by atoms with Gasteiger partial charge >= 0.3 is 0 Å². The molecule has 0 saturated carbocycles. The summed E-state index contributed by atoms with van der Waals surface area (Å²) in [6.07, 6.45) is 1.87. The highest BCUT2D eigenvalue weighted by Gasteiger charge is 2.07. The molecule has 0 spiro atoms. The topological polar surface area (TPSA) is 100 Å². The van der Waals surface area contributed by atoms with Crippen LogP contribution in [0.25, 0.3) is 11.4 Å². The van der Waals surface area contributed by atoms with Gasteiger partial charge in [-0.25, -0.2) is 9.97 Å². The predicted octanol–water partition coefficient (Wildman–Crippen LogP) is 2.11. The Kier molecular flexibility index (Phi) is 5.80. The van der Waals surface area contributed by atoms with Crippen molar-refractivity contribution in [1.29, 1.82) is 0 Å². The molecule has 0 bridgehead atoms. The highest BCUT2D eigenvalue weighted by molar-refractivity contribution is 7.11. The maximum atomic E-state index is 5.16. The fraction of sp³-hybridized carbons (Fsp3) is 0.294. The number of nitrogens with zero attached hydrogens (tertiary/aromatic N) is 4. The summed E-state index contributed by atoms with van der Waals surface area (Å²) in [6.45, 7) is 3.16. The number of hydrogen-bond acceptors (Lipinski definition) is 6. The van der Waals surface area contributed by atoms with Gasteiger partial charge in [0, 0.05) is 23.7 Å². The van der Waals surface area contributed by atoms with Gasteiger partial charge in [-0.3, -0.25) is 10.1 Å². The second kappa shape index (κ2) is 8.43. The second-order valence-corrected chi connectivity index (χ2v) is 6.80. The van der Waals surface area contributed by atoms with E-state index in [1.165, 1.54) is 4.88 Å². The minimum atomic E-state index is 0.486. The average molecular weight is 371 g/mol. The minimum absolute atomic E-state index is 0.486. The number of nitrogens with one attached hydrogen (secondary N) is 3. The minimum Gasteiger partial charge on any atom is -0.497 e. The van der Waals surface area contributed by atoms with Crippen LogP contribution in [0.5, 0.6) is 5.75 Å². The monoisotopic (exact) mass is 371 g/mol. The van der Waals surface area contributed by atoms with Crippen LogP contribution in [0.3, 0.4) is 0 Å². The molecule has 8 nitrogen and oxygen atoms in total. The van der Waals surface area contributed by atoms with Crippen LogP contribution in [0.1, 0.15) is 15.7 Å². The zero-order valence-electron chi connectivity index (χ0n) is 14.9. The zero-order chi connectivity index (χ0) is 18.4. The molecule has 0 fully saturated rings. The smallest absolute Gasteiger partial charge is 0.191 e. The summed E-state index contributed by atoms with van der Waals surface area (Å²) in [5, 5.41) is 14.7. The zero-order valence-corrected chi connectivity index (χ0v) is 15.7. The lowest BCUT2D eigenvalue weighted by Crippen LogP contribution is -2.36. The highest BCUT2D eigenvalue weighted by Crippen LogP contribution is 2.18. The Bertz CT molecular complexity index is 869. The molecule has 0 aliphatic heterocycles. The van der Waals surface area contributed by atoms with Crippen LogP contribution in [0.2, 0.25) is 0 Å². The van der Waals surface area contributed by atoms with E-state index in [2.05, 4.69) is 35.8 Å². The van der Waals surface area contributed by atoms with E-state index in [0.29, 0.717) is 24.9 Å². The molecule has 26 heavy (non-hydrogen) atoms. The summed E-state index contributed by atoms with van der Waals surface area (Å²) < 4.78 is 5.16. The van der Waals surface area contributed by atoms with Crippen LogP contribution in [0.15, 0.2) is 35.5 Å². The number of aromatic amines is 1. The summed E-state index contributed by atoms with van der Waals surface area (Å²) in [5.41, 5.74) is 0.926. The maximum absolute atomic E-state index is 5.16. The predicted molar refractivity (Wildman–Crippen MR) is 102 cm³/mol. The third-order valence-electron chi connectivity index (χ3n) is 3.60. The Morgan fingerprint density at radius 2 is 2.00 bits per heavy atom. The Morgan fingerprint density at radius 3 is 2.65 bits per heavy atom. The summed E-state index contributed by atoms with van der Waals surface area (Å²) >= 11 is 1.66. The van der Waals surface area contributed by atoms with E-state index in [0.717, 1.165) is 22.1 Å². The Balaban J connectivity index is 1.54. The van der Waals surface area contributed by atoms with Crippen LogP contribution in [-0.2, 0) is 13.1 Å². The van der Waals surface area contributed by atoms with Crippen molar-refractivity contribution in [2.45, 2.75) is 20.0 Å². The van der Waals surface area contributed by atoms with E-state index < -0.39 is 0 Å². The number of thiazole rings is 1. The third kappa shape index (κ3) is 4.57. The first-order valence-electron chi connectivity index (χ1n) is 8.09. The van der Waals surface area contributed by atoms with E-state index >= 15 is 0 Å². The Hall–Kier alpha value is -2.94. The molecule has 2 aromatic heterocycles. The number of hydrogen-bond donors (Lipinski definition) is 3. The van der Waals surface area contributed by atoms with Gasteiger partial charge in [0.2, 0.25) is 0 Å². The normalized spacial score (nSPS) is 11.4. The van der Waals surface area contributed by atoms with Crippen molar-refractivity contribution < 1.29 is 4.74 Å². The lowest BCUT2D eigenvalue weighted by atomic mass is 10.2. The van der Waals surface area contributed by atoms with Crippen molar-refractivity contribution in [2.75, 3.05) is 14.2 Å². The van der Waals surface area contributed by atoms with Gasteiger partial charge in [-0.05, 0) is 31.2 Å². The number of aromatic nitrogens is 4. The van der Waals surface area contributed by atoms with Gasteiger partial charge in [0.15, 0.2) is 11.8 Å². The number of ether oxygens (including phenoxy) is 1. The number of aliphatic imine (C=N–C) groups is 1. The van der Waals surface area contributed by atoms with Gasteiger partial charge in [-0.2, -0.15) is 5.10 Å². The second-order valence-electron chi connectivity index (χ2n) is 5.48. The fourth-order valence-corrected chi connectivity index (χ4v) is 3.00. The molecular formula is C17H21N7OS. The van der Waals surface area contributed by atoms with E-state index in [-0.39, 0.29) is 0 Å². The summed E-state index contributed by atoms with van der Waals surface area (Å²) in [4.78, 5) is 14.2. The summed E-state index contributed by atoms with van der Waals surface area (Å²) in [6, 6.07) is 7.62. The van der Waals surface area contributed by atoms with E-state index in [1.54, 1.807) is 25.5 Å². The maximum Gasteiger partial charge on any atom is 0.191 e. The Morgan fingerprint density at radius 1 is 1.23 bits per heavy atom. The van der Waals surface area contributed by atoms with Crippen molar-refractivity contribution in [3.8, 4) is 17.1 Å². The number of guanidine groups is 1. The number of methoxy groups -OCH3 is 1. The molecule has 0 aliphatic rings. The van der Waals surface area contributed by atoms with Gasteiger partial charge in [0.25, 0.3) is 0 Å². The SMILES string of the molecule is CN=C(NCc1nc(-c2ccc(OC)cc2)n[nH]1)NCc1ncc(C)s1. The van der Waals surface area contributed by atoms with Crippen molar-refractivity contribution in [3.05, 3.63) is 46.2 Å². The van der Waals surface area contributed by atoms with Gasteiger partial charge < -0.3 is 15.4 Å². The number of rotatable bonds is 6. The van der Waals surface area contributed by atoms with Gasteiger partial charge in [-0.15, -0.1) is 11.3 Å². The molecule has 9 heteroatoms. The summed E-state index contributed by atoms with van der Waals surface area (Å²) in [5.74, 6) is 2.85. The van der Waals surface area contributed by atoms with E-state index in [1.807, 2.05) is 37.4 Å². The van der Waals surface area contributed by atoms with Gasteiger partial charge in [-0.1, -0.05) is 0 Å². The lowest BCUT2D eigenvalue weighted by Gasteiger charge is -2.09. The van der Waals surface area contributed by atoms with E-state index in [4.69, 9.17) is 4.74 Å². The fourth-order valence-electron chi connectivity index (χ4n) is 2.27. The first-order valence-corrected chi connectivity index (χ1v) is 8.91. The van der Waals surface area contributed by atoms with Crippen LogP contribution >= 0.6 is 11.3 Å². The molecule has 0 unspecified atom stereocenters. The van der Waals surface area contributed by atoms with Gasteiger partial charge in [0.05, 0.1) is 20.2 Å². The number of benzene rings is 1. The van der Waals surface area contributed by atoms with Crippen LogP contribution < -0.4 is 15.4 Å². The van der Waals surface area contributed by atoms with Crippen molar-refractivity contribution in [2.24, 2.45) is 4.99 Å². The third-order valence-corrected chi connectivity index (χ3v) is 4.52. The van der Waals surface area contributed by atoms with Crippen molar-refractivity contribution in [1.82, 2.24) is 30.8 Å². The lowest BCUT2D eigenvalue weighted by molar-refractivity contribution is 0.415. The van der Waals surface area contributed by atoms with Crippen LogP contribution in [0.4, 0.5) is 0 Å². The van der Waals surface area contributed by atoms with Crippen LogP contribution in [0, 0.1) is 6.92 Å².